The summed E-state index contributed by atoms with van der Waals surface area (Å²) in [7, 11) is 3.06. The average Bonchev–Trinajstić information content (AvgIpc) is 2.25. The van der Waals surface area contributed by atoms with Crippen molar-refractivity contribution in [3.05, 3.63) is 57.6 Å². The van der Waals surface area contributed by atoms with Crippen molar-refractivity contribution >= 4 is 26.5 Å². The molecule has 0 saturated carbocycles. The largest absolute Gasteiger partial charge is 0.232 e. The third kappa shape index (κ3) is 2.84. The summed E-state index contributed by atoms with van der Waals surface area (Å²) in [5, 5.41) is 0. The van der Waals surface area contributed by atoms with Crippen molar-refractivity contribution in [1.82, 2.24) is 0 Å². The summed E-state index contributed by atoms with van der Waals surface area (Å²) in [5.74, 6) is 0. The smallest absolute Gasteiger partial charge is 0.161 e. The Morgan fingerprint density at radius 1 is 0.600 bits per heavy atom. The molecule has 0 amide bonds. The van der Waals surface area contributed by atoms with Gasteiger partial charge in [0.2, 0.25) is 6.43 Å². The second-order valence-corrected chi connectivity index (χ2v) is 6.77. The van der Waals surface area contributed by atoms with E-state index in [4.69, 9.17) is 0 Å². The van der Waals surface area contributed by atoms with E-state index in [1.807, 2.05) is 0 Å². The lowest BCUT2D eigenvalue weighted by molar-refractivity contribution is 1.34. The van der Waals surface area contributed by atoms with Crippen LogP contribution in [0.2, 0.25) is 0 Å². The highest BCUT2D eigenvalue weighted by molar-refractivity contribution is 7.68. The van der Waals surface area contributed by atoms with Crippen molar-refractivity contribution in [2.24, 2.45) is 0 Å². The van der Waals surface area contributed by atoms with Gasteiger partial charge in [0.25, 0.3) is 0 Å². The highest BCUT2D eigenvalue weighted by Gasteiger charge is 2.21. The average molecular weight is 282 g/mol. The molecule has 2 aromatic carbocycles. The van der Waals surface area contributed by atoms with Gasteiger partial charge in [0.05, 0.1) is 0 Å². The van der Waals surface area contributed by atoms with Crippen molar-refractivity contribution in [1.29, 1.82) is 0 Å². The number of rotatable bonds is 2. The van der Waals surface area contributed by atoms with Gasteiger partial charge in [-0.15, -0.1) is 0 Å². The summed E-state index contributed by atoms with van der Waals surface area (Å²) in [6.07, 6.45) is 0.371. The van der Waals surface area contributed by atoms with Crippen molar-refractivity contribution in [2.45, 2.75) is 41.5 Å². The summed E-state index contributed by atoms with van der Waals surface area (Å²) in [4.78, 5) is 0. The summed E-state index contributed by atoms with van der Waals surface area (Å²) in [6, 6.07) is 9.16. The molecule has 0 aromatic heterocycles. The molecule has 0 aliphatic heterocycles. The fourth-order valence-electron chi connectivity index (χ4n) is 3.51. The fourth-order valence-corrected chi connectivity index (χ4v) is 4.56. The predicted molar refractivity (Wildman–Crippen MR) is 96.0 cm³/mol. The zero-order valence-corrected chi connectivity index (χ0v) is 14.6. The molecule has 2 aromatic rings. The van der Waals surface area contributed by atoms with Crippen LogP contribution in [0.15, 0.2) is 24.3 Å². The van der Waals surface area contributed by atoms with Gasteiger partial charge in [-0.3, -0.25) is 0 Å². The predicted octanol–water partition coefficient (Wildman–Crippen LogP) is 3.52. The van der Waals surface area contributed by atoms with E-state index in [9.17, 15) is 0 Å². The minimum Gasteiger partial charge on any atom is -0.161 e. The Balaban J connectivity index is 2.61. The first-order valence-corrected chi connectivity index (χ1v) is 7.89. The Kier molecular flexibility index (Phi) is 4.40. The van der Waals surface area contributed by atoms with Crippen LogP contribution in [-0.2, 0) is 0 Å². The molecule has 0 spiro atoms. The van der Waals surface area contributed by atoms with E-state index in [0.29, 0.717) is 6.43 Å². The van der Waals surface area contributed by atoms with Crippen LogP contribution in [-0.4, -0.2) is 6.43 Å². The maximum absolute atomic E-state index is 3.06. The molecule has 2 heteroatoms. The Morgan fingerprint density at radius 3 is 1.10 bits per heavy atom. The van der Waals surface area contributed by atoms with E-state index < -0.39 is 0 Å². The number of aryl methyl sites for hydroxylation is 6. The maximum atomic E-state index is 3.06. The first-order valence-electron chi connectivity index (χ1n) is 7.22. The van der Waals surface area contributed by atoms with Gasteiger partial charge < -0.3 is 0 Å². The lowest BCUT2D eigenvalue weighted by Crippen LogP contribution is -2.42. The summed E-state index contributed by atoms with van der Waals surface area (Å²) in [5.41, 5.74) is 11.2. The molecule has 0 aliphatic carbocycles. The van der Waals surface area contributed by atoms with E-state index in [-0.39, 0.29) is 0 Å². The van der Waals surface area contributed by atoms with Crippen LogP contribution < -0.4 is 10.9 Å². The van der Waals surface area contributed by atoms with Crippen LogP contribution in [0.3, 0.4) is 0 Å². The van der Waals surface area contributed by atoms with Gasteiger partial charge >= 0.3 is 0 Å². The van der Waals surface area contributed by atoms with Crippen molar-refractivity contribution in [2.75, 3.05) is 0 Å². The van der Waals surface area contributed by atoms with Gasteiger partial charge in [0.1, 0.15) is 0 Å². The summed E-state index contributed by atoms with van der Waals surface area (Å²) >= 11 is 0. The van der Waals surface area contributed by atoms with Crippen LogP contribution in [0.4, 0.5) is 0 Å². The Hall–Kier alpha value is -1.07. The molecular formula is C18H24BP. The van der Waals surface area contributed by atoms with E-state index >= 15 is 0 Å². The van der Waals surface area contributed by atoms with Crippen LogP contribution in [0, 0.1) is 41.5 Å². The highest BCUT2D eigenvalue weighted by Crippen LogP contribution is 2.14. The molecule has 20 heavy (non-hydrogen) atoms. The summed E-state index contributed by atoms with van der Waals surface area (Å²) < 4.78 is 0. The maximum Gasteiger partial charge on any atom is 0.232 e. The number of hydrogen-bond donors (Lipinski definition) is 0. The van der Waals surface area contributed by atoms with Gasteiger partial charge in [-0.05, 0) is 41.5 Å². The second-order valence-electron chi connectivity index (χ2n) is 6.10. The Bertz CT molecular complexity index is 555. The van der Waals surface area contributed by atoms with Crippen LogP contribution in [0.25, 0.3) is 0 Å². The zero-order valence-electron chi connectivity index (χ0n) is 13.5. The van der Waals surface area contributed by atoms with Crippen LogP contribution in [0.5, 0.6) is 0 Å². The van der Waals surface area contributed by atoms with Gasteiger partial charge in [-0.2, -0.15) is 9.12 Å². The van der Waals surface area contributed by atoms with Gasteiger partial charge in [0, 0.05) is 0 Å². The molecule has 0 fully saturated rings. The molecule has 104 valence electrons. The molecule has 1 unspecified atom stereocenters. The lowest BCUT2D eigenvalue weighted by atomic mass is 9.56. The zero-order chi connectivity index (χ0) is 15.0. The van der Waals surface area contributed by atoms with Crippen molar-refractivity contribution in [3.63, 3.8) is 0 Å². The number of hydrogen-bond acceptors (Lipinski definition) is 0. The van der Waals surface area contributed by atoms with Crippen molar-refractivity contribution in [3.8, 4) is 0 Å². The molecule has 0 nitrogen and oxygen atoms in total. The first-order chi connectivity index (χ1) is 9.31. The normalized spacial score (nSPS) is 10.8. The minimum absolute atomic E-state index is 0.371. The van der Waals surface area contributed by atoms with Gasteiger partial charge in [-0.1, -0.05) is 68.6 Å². The Morgan fingerprint density at radius 2 is 0.850 bits per heavy atom. The topological polar surface area (TPSA) is 0 Å². The first kappa shape index (κ1) is 15.3. The lowest BCUT2D eigenvalue weighted by Gasteiger charge is -2.20. The molecular weight excluding hydrogens is 258 g/mol. The minimum atomic E-state index is 0.371. The van der Waals surface area contributed by atoms with E-state index in [2.05, 4.69) is 74.9 Å². The summed E-state index contributed by atoms with van der Waals surface area (Å²) in [6.45, 7) is 13.3. The van der Waals surface area contributed by atoms with E-state index in [0.717, 1.165) is 0 Å². The molecule has 2 rings (SSSR count). The van der Waals surface area contributed by atoms with Gasteiger partial charge in [-0.25, -0.2) is 0 Å². The van der Waals surface area contributed by atoms with Crippen molar-refractivity contribution < 1.29 is 0 Å². The number of benzene rings is 2. The van der Waals surface area contributed by atoms with E-state index in [1.54, 1.807) is 0 Å². The highest BCUT2D eigenvalue weighted by atomic mass is 31.0. The monoisotopic (exact) mass is 282 g/mol. The fraction of sp³-hybridized carbons (Fsp3) is 0.333. The SMILES string of the molecule is Cc1cc(C)c(B(P)c2c(C)cc(C)cc2C)c(C)c1. The van der Waals surface area contributed by atoms with Crippen LogP contribution >= 0.6 is 9.12 Å². The molecule has 0 aliphatic rings. The Labute approximate surface area is 126 Å². The standard InChI is InChI=1S/C18H24BP/c1-11-7-13(3)17(14(4)8-11)19(20)18-15(5)9-12(2)10-16(18)6/h7-10H,20H2,1-6H3. The molecule has 0 bridgehead atoms. The third-order valence-electron chi connectivity index (χ3n) is 4.10. The quantitative estimate of drug-likeness (QED) is 0.584. The van der Waals surface area contributed by atoms with Crippen LogP contribution in [0.1, 0.15) is 33.4 Å². The second kappa shape index (κ2) is 5.74. The van der Waals surface area contributed by atoms with E-state index in [1.165, 1.54) is 44.3 Å². The molecule has 0 radical (unpaired) electrons. The third-order valence-corrected chi connectivity index (χ3v) is 4.76. The van der Waals surface area contributed by atoms with Gasteiger partial charge in [0.15, 0.2) is 0 Å². The molecule has 1 atom stereocenters. The molecule has 0 N–H and O–H groups in total. The molecule has 0 heterocycles. The molecule has 0 saturated heterocycles.